The molecule has 0 spiro atoms. The van der Waals surface area contributed by atoms with Crippen molar-refractivity contribution >= 4 is 21.6 Å². The SMILES string of the molecule is Cc1nn(Cc2ccccc2)c(C)c1CN(C)S(=O)(=O)c1ccc(Cl)cc1. The molecule has 7 heteroatoms. The number of sulfonamides is 1. The number of nitrogens with zero attached hydrogens (tertiary/aromatic N) is 3. The summed E-state index contributed by atoms with van der Waals surface area (Å²) in [4.78, 5) is 0.224. The molecule has 0 amide bonds. The fraction of sp³-hybridized carbons (Fsp3) is 0.250. The van der Waals surface area contributed by atoms with Gasteiger partial charge in [0.1, 0.15) is 0 Å². The second-order valence-corrected chi connectivity index (χ2v) is 8.99. The summed E-state index contributed by atoms with van der Waals surface area (Å²) in [6, 6.07) is 16.3. The highest BCUT2D eigenvalue weighted by Crippen LogP contribution is 2.22. The lowest BCUT2D eigenvalue weighted by molar-refractivity contribution is 0.465. The van der Waals surface area contributed by atoms with Crippen molar-refractivity contribution in [3.8, 4) is 0 Å². The molecule has 5 nitrogen and oxygen atoms in total. The van der Waals surface area contributed by atoms with E-state index in [0.29, 0.717) is 11.6 Å². The van der Waals surface area contributed by atoms with Gasteiger partial charge in [-0.15, -0.1) is 0 Å². The molecule has 0 radical (unpaired) electrons. The van der Waals surface area contributed by atoms with E-state index in [2.05, 4.69) is 5.10 Å². The number of benzene rings is 2. The fourth-order valence-electron chi connectivity index (χ4n) is 2.97. The Bertz CT molecular complexity index is 1030. The number of hydrogen-bond donors (Lipinski definition) is 0. The molecule has 27 heavy (non-hydrogen) atoms. The molecule has 142 valence electrons. The Balaban J connectivity index is 1.84. The number of halogens is 1. The summed E-state index contributed by atoms with van der Waals surface area (Å²) < 4.78 is 28.9. The average molecular weight is 404 g/mol. The van der Waals surface area contributed by atoms with Crippen LogP contribution in [0.5, 0.6) is 0 Å². The maximum Gasteiger partial charge on any atom is 0.243 e. The van der Waals surface area contributed by atoms with Crippen molar-refractivity contribution in [1.82, 2.24) is 14.1 Å². The molecule has 1 heterocycles. The number of aromatic nitrogens is 2. The van der Waals surface area contributed by atoms with Crippen LogP contribution in [0.3, 0.4) is 0 Å². The number of rotatable bonds is 6. The molecule has 3 rings (SSSR count). The predicted octanol–water partition coefficient (Wildman–Crippen LogP) is 4.02. The van der Waals surface area contributed by atoms with Crippen molar-refractivity contribution < 1.29 is 8.42 Å². The molecule has 2 aromatic carbocycles. The summed E-state index contributed by atoms with van der Waals surface area (Å²) in [6.07, 6.45) is 0. The minimum absolute atomic E-state index is 0.224. The monoisotopic (exact) mass is 403 g/mol. The molecule has 0 saturated heterocycles. The van der Waals surface area contributed by atoms with E-state index in [1.54, 1.807) is 19.2 Å². The lowest BCUT2D eigenvalue weighted by Gasteiger charge is -2.17. The first-order valence-electron chi connectivity index (χ1n) is 8.58. The smallest absolute Gasteiger partial charge is 0.243 e. The van der Waals surface area contributed by atoms with Gasteiger partial charge in [0.2, 0.25) is 10.0 Å². The van der Waals surface area contributed by atoms with Crippen LogP contribution in [-0.4, -0.2) is 29.6 Å². The van der Waals surface area contributed by atoms with Gasteiger partial charge in [0, 0.05) is 29.9 Å². The fourth-order valence-corrected chi connectivity index (χ4v) is 4.23. The Labute approximate surface area is 165 Å². The van der Waals surface area contributed by atoms with E-state index in [1.165, 1.54) is 16.4 Å². The second kappa shape index (κ2) is 7.84. The second-order valence-electron chi connectivity index (χ2n) is 6.51. The largest absolute Gasteiger partial charge is 0.265 e. The van der Waals surface area contributed by atoms with Gasteiger partial charge in [-0.05, 0) is 43.7 Å². The van der Waals surface area contributed by atoms with E-state index < -0.39 is 10.0 Å². The minimum Gasteiger partial charge on any atom is -0.265 e. The van der Waals surface area contributed by atoms with Crippen molar-refractivity contribution in [3.63, 3.8) is 0 Å². The van der Waals surface area contributed by atoms with Crippen molar-refractivity contribution in [3.05, 3.63) is 82.1 Å². The number of aryl methyl sites for hydroxylation is 1. The lowest BCUT2D eigenvalue weighted by atomic mass is 10.2. The van der Waals surface area contributed by atoms with E-state index in [-0.39, 0.29) is 11.4 Å². The summed E-state index contributed by atoms with van der Waals surface area (Å²) in [6.45, 7) is 4.80. The van der Waals surface area contributed by atoms with Gasteiger partial charge in [0.15, 0.2) is 0 Å². The highest BCUT2D eigenvalue weighted by Gasteiger charge is 2.23. The number of hydrogen-bond acceptors (Lipinski definition) is 3. The standard InChI is InChI=1S/C20H22ClN3O2S/c1-15-20(16(2)24(22-15)13-17-7-5-4-6-8-17)14-23(3)27(25,26)19-11-9-18(21)10-12-19/h4-12H,13-14H2,1-3H3. The lowest BCUT2D eigenvalue weighted by Crippen LogP contribution is -2.27. The van der Waals surface area contributed by atoms with Crippen molar-refractivity contribution in [1.29, 1.82) is 0 Å². The first-order valence-corrected chi connectivity index (χ1v) is 10.4. The molecule has 0 bridgehead atoms. The third kappa shape index (κ3) is 4.24. The van der Waals surface area contributed by atoms with Gasteiger partial charge in [-0.3, -0.25) is 4.68 Å². The Hall–Kier alpha value is -2.15. The van der Waals surface area contributed by atoms with E-state index in [4.69, 9.17) is 11.6 Å². The summed E-state index contributed by atoms with van der Waals surface area (Å²) in [5.41, 5.74) is 3.87. The van der Waals surface area contributed by atoms with Crippen LogP contribution in [0.2, 0.25) is 5.02 Å². The minimum atomic E-state index is -3.60. The maximum atomic E-state index is 12.8. The zero-order valence-electron chi connectivity index (χ0n) is 15.6. The van der Waals surface area contributed by atoms with Gasteiger partial charge in [-0.1, -0.05) is 41.9 Å². The van der Waals surface area contributed by atoms with E-state index >= 15 is 0 Å². The van der Waals surface area contributed by atoms with Gasteiger partial charge in [0.05, 0.1) is 17.1 Å². The first-order chi connectivity index (χ1) is 12.8. The van der Waals surface area contributed by atoms with Crippen LogP contribution < -0.4 is 0 Å². The van der Waals surface area contributed by atoms with Crippen molar-refractivity contribution in [2.45, 2.75) is 31.8 Å². The molecule has 0 aliphatic rings. The molecule has 0 aliphatic carbocycles. The van der Waals surface area contributed by atoms with Crippen LogP contribution in [0, 0.1) is 13.8 Å². The molecule has 3 aromatic rings. The van der Waals surface area contributed by atoms with Crippen LogP contribution >= 0.6 is 11.6 Å². The molecular formula is C20H22ClN3O2S. The topological polar surface area (TPSA) is 55.2 Å². The normalized spacial score (nSPS) is 11.9. The van der Waals surface area contributed by atoms with Gasteiger partial charge < -0.3 is 0 Å². The first kappa shape index (κ1) is 19.6. The molecule has 0 fully saturated rings. The third-order valence-electron chi connectivity index (χ3n) is 4.61. The van der Waals surface area contributed by atoms with Crippen LogP contribution in [0.25, 0.3) is 0 Å². The van der Waals surface area contributed by atoms with Crippen LogP contribution in [0.15, 0.2) is 59.5 Å². The van der Waals surface area contributed by atoms with E-state index in [9.17, 15) is 8.42 Å². The quantitative estimate of drug-likeness (QED) is 0.624. The van der Waals surface area contributed by atoms with E-state index in [0.717, 1.165) is 22.5 Å². The molecule has 0 unspecified atom stereocenters. The molecular weight excluding hydrogens is 382 g/mol. The third-order valence-corrected chi connectivity index (χ3v) is 6.68. The van der Waals surface area contributed by atoms with Crippen LogP contribution in [0.4, 0.5) is 0 Å². The summed E-state index contributed by atoms with van der Waals surface area (Å²) in [5.74, 6) is 0. The van der Waals surface area contributed by atoms with Gasteiger partial charge in [-0.25, -0.2) is 8.42 Å². The maximum absolute atomic E-state index is 12.8. The zero-order valence-corrected chi connectivity index (χ0v) is 17.1. The highest BCUT2D eigenvalue weighted by molar-refractivity contribution is 7.89. The van der Waals surface area contributed by atoms with E-state index in [1.807, 2.05) is 48.9 Å². The summed E-state index contributed by atoms with van der Waals surface area (Å²) in [5, 5.41) is 5.11. The van der Waals surface area contributed by atoms with Crippen molar-refractivity contribution in [2.75, 3.05) is 7.05 Å². The molecule has 0 N–H and O–H groups in total. The highest BCUT2D eigenvalue weighted by atomic mass is 35.5. The summed E-state index contributed by atoms with van der Waals surface area (Å²) >= 11 is 5.86. The van der Waals surface area contributed by atoms with Gasteiger partial charge >= 0.3 is 0 Å². The van der Waals surface area contributed by atoms with Crippen LogP contribution in [-0.2, 0) is 23.1 Å². The predicted molar refractivity (Wildman–Crippen MR) is 107 cm³/mol. The Morgan fingerprint density at radius 3 is 2.30 bits per heavy atom. The molecule has 0 aliphatic heterocycles. The average Bonchev–Trinajstić information content (AvgIpc) is 2.90. The Morgan fingerprint density at radius 2 is 1.67 bits per heavy atom. The Kier molecular flexibility index (Phi) is 5.69. The van der Waals surface area contributed by atoms with Gasteiger partial charge in [0.25, 0.3) is 0 Å². The molecule has 0 atom stereocenters. The van der Waals surface area contributed by atoms with Gasteiger partial charge in [-0.2, -0.15) is 9.40 Å². The van der Waals surface area contributed by atoms with Crippen molar-refractivity contribution in [2.24, 2.45) is 0 Å². The summed E-state index contributed by atoms with van der Waals surface area (Å²) in [7, 11) is -2.02. The zero-order chi connectivity index (χ0) is 19.6. The molecule has 0 saturated carbocycles. The van der Waals surface area contributed by atoms with Crippen LogP contribution in [0.1, 0.15) is 22.5 Å². The Morgan fingerprint density at radius 1 is 1.04 bits per heavy atom. The molecule has 1 aromatic heterocycles.